The van der Waals surface area contributed by atoms with Crippen LogP contribution in [0.5, 0.6) is 0 Å². The van der Waals surface area contributed by atoms with Gasteiger partial charge < -0.3 is 10.1 Å². The van der Waals surface area contributed by atoms with E-state index in [0.29, 0.717) is 16.5 Å². The Morgan fingerprint density at radius 1 is 1.42 bits per heavy atom. The molecule has 1 N–H and O–H groups in total. The molecule has 1 aromatic heterocycles. The molecule has 1 aromatic carbocycles. The van der Waals surface area contributed by atoms with Gasteiger partial charge in [-0.05, 0) is 18.2 Å². The van der Waals surface area contributed by atoms with E-state index in [-0.39, 0.29) is 5.69 Å². The van der Waals surface area contributed by atoms with E-state index in [9.17, 15) is 4.79 Å². The molecule has 0 fully saturated rings. The van der Waals surface area contributed by atoms with E-state index in [1.165, 1.54) is 19.5 Å². The predicted molar refractivity (Wildman–Crippen MR) is 75.8 cm³/mol. The molecular formula is C12H9BrClN3O2. The minimum absolute atomic E-state index is 0.124. The van der Waals surface area contributed by atoms with Crippen LogP contribution in [-0.4, -0.2) is 23.0 Å². The van der Waals surface area contributed by atoms with Crippen molar-refractivity contribution in [3.05, 3.63) is 45.8 Å². The number of nitrogens with zero attached hydrogens (tertiary/aromatic N) is 2. The summed E-state index contributed by atoms with van der Waals surface area (Å²) in [5.74, 6) is -0.139. The van der Waals surface area contributed by atoms with E-state index in [2.05, 4.69) is 36.0 Å². The van der Waals surface area contributed by atoms with Crippen LogP contribution < -0.4 is 5.32 Å². The van der Waals surface area contributed by atoms with Gasteiger partial charge in [-0.3, -0.25) is 4.98 Å². The molecule has 0 amide bonds. The molecule has 0 unspecified atom stereocenters. The van der Waals surface area contributed by atoms with E-state index < -0.39 is 5.97 Å². The van der Waals surface area contributed by atoms with Gasteiger partial charge in [-0.25, -0.2) is 9.78 Å². The van der Waals surface area contributed by atoms with Crippen molar-refractivity contribution in [2.75, 3.05) is 12.4 Å². The van der Waals surface area contributed by atoms with Gasteiger partial charge >= 0.3 is 5.97 Å². The number of carbonyl (C=O) groups is 1. The standard InChI is InChI=1S/C12H9BrClN3O2/c1-19-12(18)10-5-15-6-11(17-10)16-9-4-7(13)2-3-8(9)14/h2-6H,1H3,(H,16,17). The van der Waals surface area contributed by atoms with E-state index in [1.54, 1.807) is 12.1 Å². The molecule has 0 saturated carbocycles. The highest BCUT2D eigenvalue weighted by Crippen LogP contribution is 2.27. The fourth-order valence-electron chi connectivity index (χ4n) is 1.36. The minimum Gasteiger partial charge on any atom is -0.464 e. The molecule has 0 aliphatic carbocycles. The second-order valence-corrected chi connectivity index (χ2v) is 4.85. The second kappa shape index (κ2) is 5.99. The summed E-state index contributed by atoms with van der Waals surface area (Å²) in [5, 5.41) is 3.52. The Labute approximate surface area is 123 Å². The summed E-state index contributed by atoms with van der Waals surface area (Å²) >= 11 is 9.40. The Morgan fingerprint density at radius 3 is 2.95 bits per heavy atom. The van der Waals surface area contributed by atoms with Gasteiger partial charge in [0.1, 0.15) is 5.82 Å². The third kappa shape index (κ3) is 3.42. The maximum Gasteiger partial charge on any atom is 0.358 e. The van der Waals surface area contributed by atoms with Crippen molar-refractivity contribution in [2.45, 2.75) is 0 Å². The van der Waals surface area contributed by atoms with Crippen LogP contribution in [0.15, 0.2) is 35.1 Å². The molecule has 0 spiro atoms. The largest absolute Gasteiger partial charge is 0.464 e. The number of benzene rings is 1. The van der Waals surface area contributed by atoms with Crippen LogP contribution in [0.3, 0.4) is 0 Å². The summed E-state index contributed by atoms with van der Waals surface area (Å²) < 4.78 is 5.45. The van der Waals surface area contributed by atoms with Gasteiger partial charge in [-0.15, -0.1) is 0 Å². The van der Waals surface area contributed by atoms with Crippen molar-refractivity contribution < 1.29 is 9.53 Å². The second-order valence-electron chi connectivity index (χ2n) is 3.53. The van der Waals surface area contributed by atoms with E-state index >= 15 is 0 Å². The molecule has 19 heavy (non-hydrogen) atoms. The molecule has 5 nitrogen and oxygen atoms in total. The number of hydrogen-bond acceptors (Lipinski definition) is 5. The Kier molecular flexibility index (Phi) is 4.34. The first kappa shape index (κ1) is 13.8. The fourth-order valence-corrected chi connectivity index (χ4v) is 1.89. The molecule has 0 radical (unpaired) electrons. The first-order valence-electron chi connectivity index (χ1n) is 5.22. The van der Waals surface area contributed by atoms with E-state index in [0.717, 1.165) is 4.47 Å². The summed E-state index contributed by atoms with van der Waals surface area (Å²) in [6, 6.07) is 5.37. The van der Waals surface area contributed by atoms with Gasteiger partial charge in [0.05, 0.1) is 30.2 Å². The maximum atomic E-state index is 11.4. The van der Waals surface area contributed by atoms with Gasteiger partial charge in [0.15, 0.2) is 5.69 Å². The van der Waals surface area contributed by atoms with Crippen LogP contribution in [-0.2, 0) is 4.74 Å². The number of hydrogen-bond donors (Lipinski definition) is 1. The lowest BCUT2D eigenvalue weighted by Crippen LogP contribution is -2.06. The smallest absolute Gasteiger partial charge is 0.358 e. The number of ether oxygens (including phenoxy) is 1. The third-order valence-corrected chi connectivity index (χ3v) is 3.04. The zero-order valence-electron chi connectivity index (χ0n) is 9.85. The first-order valence-corrected chi connectivity index (χ1v) is 6.39. The zero-order chi connectivity index (χ0) is 13.8. The highest BCUT2D eigenvalue weighted by Gasteiger charge is 2.09. The molecule has 0 saturated heterocycles. The Balaban J connectivity index is 2.28. The van der Waals surface area contributed by atoms with E-state index in [4.69, 9.17) is 11.6 Å². The normalized spacial score (nSPS) is 10.1. The average molecular weight is 343 g/mol. The number of aromatic nitrogens is 2. The van der Waals surface area contributed by atoms with Gasteiger partial charge in [0, 0.05) is 4.47 Å². The number of carbonyl (C=O) groups excluding carboxylic acids is 1. The van der Waals surface area contributed by atoms with Crippen LogP contribution in [0.2, 0.25) is 5.02 Å². The number of methoxy groups -OCH3 is 1. The van der Waals surface area contributed by atoms with Crippen LogP contribution in [0.1, 0.15) is 10.5 Å². The van der Waals surface area contributed by atoms with E-state index in [1.807, 2.05) is 6.07 Å². The molecule has 0 bridgehead atoms. The van der Waals surface area contributed by atoms with Gasteiger partial charge in [0.2, 0.25) is 0 Å². The Bertz CT molecular complexity index is 622. The van der Waals surface area contributed by atoms with Crippen molar-refractivity contribution in [1.82, 2.24) is 9.97 Å². The summed E-state index contributed by atoms with van der Waals surface area (Å²) in [5.41, 5.74) is 0.783. The number of anilines is 2. The summed E-state index contributed by atoms with van der Waals surface area (Å²) in [6.45, 7) is 0. The lowest BCUT2D eigenvalue weighted by molar-refractivity contribution is 0.0593. The van der Waals surface area contributed by atoms with Crippen LogP contribution in [0, 0.1) is 0 Å². The predicted octanol–water partition coefficient (Wildman–Crippen LogP) is 3.42. The van der Waals surface area contributed by atoms with Crippen molar-refractivity contribution in [1.29, 1.82) is 0 Å². The number of nitrogens with one attached hydrogen (secondary N) is 1. The molecule has 2 rings (SSSR count). The number of esters is 1. The molecule has 0 atom stereocenters. The number of halogens is 2. The average Bonchev–Trinajstić information content (AvgIpc) is 2.42. The maximum absolute atomic E-state index is 11.4. The van der Waals surface area contributed by atoms with Gasteiger partial charge in [-0.2, -0.15) is 0 Å². The lowest BCUT2D eigenvalue weighted by Gasteiger charge is -2.08. The van der Waals surface area contributed by atoms with Crippen molar-refractivity contribution >= 4 is 45.0 Å². The summed E-state index contributed by atoms with van der Waals surface area (Å²) in [4.78, 5) is 19.4. The van der Waals surface area contributed by atoms with Crippen LogP contribution in [0.4, 0.5) is 11.5 Å². The molecule has 0 aliphatic rings. The quantitative estimate of drug-likeness (QED) is 0.866. The highest BCUT2D eigenvalue weighted by molar-refractivity contribution is 9.10. The topological polar surface area (TPSA) is 64.1 Å². The Morgan fingerprint density at radius 2 is 2.21 bits per heavy atom. The van der Waals surface area contributed by atoms with Gasteiger partial charge in [-0.1, -0.05) is 27.5 Å². The molecular weight excluding hydrogens is 334 g/mol. The molecule has 1 heterocycles. The monoisotopic (exact) mass is 341 g/mol. The molecule has 98 valence electrons. The van der Waals surface area contributed by atoms with Crippen LogP contribution >= 0.6 is 27.5 Å². The lowest BCUT2D eigenvalue weighted by atomic mass is 10.3. The molecule has 2 aromatic rings. The van der Waals surface area contributed by atoms with Crippen LogP contribution in [0.25, 0.3) is 0 Å². The fraction of sp³-hybridized carbons (Fsp3) is 0.0833. The SMILES string of the molecule is COC(=O)c1cncc(Nc2cc(Br)ccc2Cl)n1. The zero-order valence-corrected chi connectivity index (χ0v) is 12.2. The molecule has 7 heteroatoms. The van der Waals surface area contributed by atoms with Crippen molar-refractivity contribution in [3.8, 4) is 0 Å². The highest BCUT2D eigenvalue weighted by atomic mass is 79.9. The summed E-state index contributed by atoms with van der Waals surface area (Å²) in [6.07, 6.45) is 2.82. The van der Waals surface area contributed by atoms with Crippen molar-refractivity contribution in [3.63, 3.8) is 0 Å². The number of rotatable bonds is 3. The Hall–Kier alpha value is -1.66. The molecule has 0 aliphatic heterocycles. The van der Waals surface area contributed by atoms with Crippen molar-refractivity contribution in [2.24, 2.45) is 0 Å². The van der Waals surface area contributed by atoms with Gasteiger partial charge in [0.25, 0.3) is 0 Å². The third-order valence-electron chi connectivity index (χ3n) is 2.22. The minimum atomic E-state index is -0.545. The summed E-state index contributed by atoms with van der Waals surface area (Å²) in [7, 11) is 1.29. The first-order chi connectivity index (χ1) is 9.10.